The lowest BCUT2D eigenvalue weighted by Gasteiger charge is -2.03. The van der Waals surface area contributed by atoms with Gasteiger partial charge in [-0.05, 0) is 24.5 Å². The van der Waals surface area contributed by atoms with Gasteiger partial charge >= 0.3 is 0 Å². The molecule has 1 saturated carbocycles. The summed E-state index contributed by atoms with van der Waals surface area (Å²) in [6.45, 7) is 2.02. The minimum Gasteiger partial charge on any atom is -0.383 e. The summed E-state index contributed by atoms with van der Waals surface area (Å²) < 4.78 is 0. The quantitative estimate of drug-likeness (QED) is 0.825. The van der Waals surface area contributed by atoms with Crippen LogP contribution in [0.4, 0.5) is 0 Å². The molecular formula is C12H13N3O. The summed E-state index contributed by atoms with van der Waals surface area (Å²) in [4.78, 5) is 1.55. The van der Waals surface area contributed by atoms with Gasteiger partial charge in [-0.15, -0.1) is 0 Å². The van der Waals surface area contributed by atoms with Crippen LogP contribution in [0.15, 0.2) is 36.5 Å². The normalized spacial score (nSPS) is 28.0. The molecule has 0 radical (unpaired) electrons. The van der Waals surface area contributed by atoms with Crippen LogP contribution in [0.5, 0.6) is 0 Å². The van der Waals surface area contributed by atoms with Gasteiger partial charge in [0.1, 0.15) is 11.3 Å². The Balaban J connectivity index is 1.95. The van der Waals surface area contributed by atoms with Crippen LogP contribution in [0.3, 0.4) is 0 Å². The summed E-state index contributed by atoms with van der Waals surface area (Å²) in [6, 6.07) is 9.69. The van der Waals surface area contributed by atoms with Crippen molar-refractivity contribution in [3.05, 3.63) is 42.2 Å². The first-order valence-electron chi connectivity index (χ1n) is 5.41. The van der Waals surface area contributed by atoms with Gasteiger partial charge in [0.15, 0.2) is 0 Å². The lowest BCUT2D eigenvalue weighted by molar-refractivity contribution is 0.129. The Bertz CT molecular complexity index is 508. The minimum atomic E-state index is -0.743. The third kappa shape index (κ3) is 1.34. The number of hydrogen-bond acceptors (Lipinski definition) is 3. The Morgan fingerprint density at radius 2 is 2.06 bits per heavy atom. The van der Waals surface area contributed by atoms with E-state index in [-0.39, 0.29) is 5.92 Å². The summed E-state index contributed by atoms with van der Waals surface area (Å²) in [5.74, 6) is 0.286. The van der Waals surface area contributed by atoms with Gasteiger partial charge in [0.05, 0.1) is 11.9 Å². The first kappa shape index (κ1) is 9.54. The molecule has 1 heterocycles. The first-order valence-corrected chi connectivity index (χ1v) is 5.41. The number of nitrogens with zero attached hydrogens (tertiary/aromatic N) is 3. The van der Waals surface area contributed by atoms with E-state index >= 15 is 0 Å². The maximum absolute atomic E-state index is 10.1. The van der Waals surface area contributed by atoms with Crippen LogP contribution in [-0.2, 0) is 5.60 Å². The molecule has 4 nitrogen and oxygen atoms in total. The zero-order valence-corrected chi connectivity index (χ0v) is 9.04. The van der Waals surface area contributed by atoms with Crippen molar-refractivity contribution in [2.24, 2.45) is 5.92 Å². The molecule has 1 aliphatic carbocycles. The van der Waals surface area contributed by atoms with Gasteiger partial charge in [0, 0.05) is 0 Å². The first-order chi connectivity index (χ1) is 7.70. The topological polar surface area (TPSA) is 50.9 Å². The fourth-order valence-electron chi connectivity index (χ4n) is 1.91. The highest BCUT2D eigenvalue weighted by molar-refractivity contribution is 5.29. The second-order valence-corrected chi connectivity index (χ2v) is 4.38. The molecule has 0 bridgehead atoms. The van der Waals surface area contributed by atoms with E-state index in [1.807, 2.05) is 37.3 Å². The smallest absolute Gasteiger partial charge is 0.115 e. The van der Waals surface area contributed by atoms with Crippen molar-refractivity contribution >= 4 is 0 Å². The zero-order valence-electron chi connectivity index (χ0n) is 9.04. The lowest BCUT2D eigenvalue weighted by Crippen LogP contribution is -2.09. The van der Waals surface area contributed by atoms with Gasteiger partial charge in [0.2, 0.25) is 0 Å². The SMILES string of the molecule is CC1CC1(O)c1cnn(-c2ccccc2)n1. The average molecular weight is 215 g/mol. The standard InChI is InChI=1S/C12H13N3O/c1-9-7-12(9,16)11-8-13-15(14-11)10-5-3-2-4-6-10/h2-6,8-9,16H,7H2,1H3. The molecule has 1 aromatic heterocycles. The summed E-state index contributed by atoms with van der Waals surface area (Å²) in [6.07, 6.45) is 2.43. The Kier molecular flexibility index (Phi) is 1.88. The molecule has 0 aliphatic heterocycles. The number of hydrogen-bond donors (Lipinski definition) is 1. The third-order valence-corrected chi connectivity index (χ3v) is 3.20. The van der Waals surface area contributed by atoms with E-state index < -0.39 is 5.60 Å². The van der Waals surface area contributed by atoms with Gasteiger partial charge in [-0.3, -0.25) is 0 Å². The summed E-state index contributed by atoms with van der Waals surface area (Å²) in [5.41, 5.74) is 0.835. The molecule has 1 N–H and O–H groups in total. The number of para-hydroxylation sites is 1. The van der Waals surface area contributed by atoms with Crippen LogP contribution in [-0.4, -0.2) is 20.1 Å². The predicted molar refractivity (Wildman–Crippen MR) is 59.0 cm³/mol. The second kappa shape index (κ2) is 3.15. The monoisotopic (exact) mass is 215 g/mol. The molecule has 2 aromatic rings. The highest BCUT2D eigenvalue weighted by Crippen LogP contribution is 2.50. The zero-order chi connectivity index (χ0) is 11.2. The van der Waals surface area contributed by atoms with E-state index in [0.717, 1.165) is 12.1 Å². The van der Waals surface area contributed by atoms with Crippen molar-refractivity contribution in [2.45, 2.75) is 18.9 Å². The molecule has 16 heavy (non-hydrogen) atoms. The summed E-state index contributed by atoms with van der Waals surface area (Å²) in [7, 11) is 0. The van der Waals surface area contributed by atoms with Crippen LogP contribution in [0.2, 0.25) is 0 Å². The Morgan fingerprint density at radius 3 is 2.69 bits per heavy atom. The van der Waals surface area contributed by atoms with Crippen LogP contribution >= 0.6 is 0 Å². The van der Waals surface area contributed by atoms with Crippen molar-refractivity contribution in [3.8, 4) is 5.69 Å². The van der Waals surface area contributed by atoms with Gasteiger partial charge in [0.25, 0.3) is 0 Å². The van der Waals surface area contributed by atoms with E-state index in [9.17, 15) is 5.11 Å². The van der Waals surface area contributed by atoms with Crippen LogP contribution < -0.4 is 0 Å². The van der Waals surface area contributed by atoms with Gasteiger partial charge in [-0.25, -0.2) is 0 Å². The Hall–Kier alpha value is -1.68. The Morgan fingerprint density at radius 1 is 1.38 bits per heavy atom. The predicted octanol–water partition coefficient (Wildman–Crippen LogP) is 1.49. The van der Waals surface area contributed by atoms with Crippen molar-refractivity contribution in [2.75, 3.05) is 0 Å². The van der Waals surface area contributed by atoms with Crippen molar-refractivity contribution in [3.63, 3.8) is 0 Å². The van der Waals surface area contributed by atoms with Crippen molar-refractivity contribution in [1.82, 2.24) is 15.0 Å². The number of aliphatic hydroxyl groups is 1. The molecule has 82 valence electrons. The van der Waals surface area contributed by atoms with E-state index in [2.05, 4.69) is 10.2 Å². The summed E-state index contributed by atoms with van der Waals surface area (Å²) >= 11 is 0. The second-order valence-electron chi connectivity index (χ2n) is 4.38. The molecule has 1 aliphatic rings. The maximum Gasteiger partial charge on any atom is 0.115 e. The average Bonchev–Trinajstić information content (AvgIpc) is 2.77. The summed E-state index contributed by atoms with van der Waals surface area (Å²) in [5, 5.41) is 18.6. The molecule has 3 rings (SSSR count). The molecular weight excluding hydrogens is 202 g/mol. The number of rotatable bonds is 2. The largest absolute Gasteiger partial charge is 0.383 e. The molecule has 1 fully saturated rings. The molecule has 1 aromatic carbocycles. The number of benzene rings is 1. The number of aromatic nitrogens is 3. The molecule has 0 spiro atoms. The highest BCUT2D eigenvalue weighted by Gasteiger charge is 2.53. The minimum absolute atomic E-state index is 0.286. The van der Waals surface area contributed by atoms with Gasteiger partial charge in [-0.2, -0.15) is 15.0 Å². The molecule has 4 heteroatoms. The van der Waals surface area contributed by atoms with E-state index in [1.165, 1.54) is 0 Å². The van der Waals surface area contributed by atoms with Crippen LogP contribution in [0.25, 0.3) is 5.69 Å². The van der Waals surface area contributed by atoms with Crippen molar-refractivity contribution in [1.29, 1.82) is 0 Å². The van der Waals surface area contributed by atoms with Crippen molar-refractivity contribution < 1.29 is 5.11 Å². The van der Waals surface area contributed by atoms with Gasteiger partial charge in [-0.1, -0.05) is 25.1 Å². The van der Waals surface area contributed by atoms with Gasteiger partial charge < -0.3 is 5.11 Å². The molecule has 0 amide bonds. The molecule has 2 unspecified atom stereocenters. The van der Waals surface area contributed by atoms with Crippen LogP contribution in [0.1, 0.15) is 19.0 Å². The highest BCUT2D eigenvalue weighted by atomic mass is 16.3. The molecule has 2 atom stereocenters. The van der Waals surface area contributed by atoms with E-state index in [0.29, 0.717) is 5.69 Å². The van der Waals surface area contributed by atoms with E-state index in [4.69, 9.17) is 0 Å². The molecule has 0 saturated heterocycles. The lowest BCUT2D eigenvalue weighted by atomic mass is 10.2. The van der Waals surface area contributed by atoms with Crippen LogP contribution in [0, 0.1) is 5.92 Å². The third-order valence-electron chi connectivity index (χ3n) is 3.20. The Labute approximate surface area is 93.5 Å². The van der Waals surface area contributed by atoms with E-state index in [1.54, 1.807) is 11.0 Å². The fourth-order valence-corrected chi connectivity index (χ4v) is 1.91. The fraction of sp³-hybridized carbons (Fsp3) is 0.333. The maximum atomic E-state index is 10.1.